The number of H-pyrrole nitrogens is 1. The minimum absolute atomic E-state index is 0.274. The second-order valence-electron chi connectivity index (χ2n) is 3.46. The molecule has 18 heavy (non-hydrogen) atoms. The van der Waals surface area contributed by atoms with Gasteiger partial charge >= 0.3 is 0 Å². The molecule has 0 unspecified atom stereocenters. The summed E-state index contributed by atoms with van der Waals surface area (Å²) in [6.45, 7) is 0. The van der Waals surface area contributed by atoms with Crippen LogP contribution in [-0.4, -0.2) is 25.3 Å². The Morgan fingerprint density at radius 1 is 1.39 bits per heavy atom. The molecule has 7 nitrogen and oxygen atoms in total. The largest absolute Gasteiger partial charge is 0.382 e. The fraction of sp³-hybridized carbons (Fsp3) is 0. The Morgan fingerprint density at radius 2 is 2.28 bits per heavy atom. The highest BCUT2D eigenvalue weighted by Gasteiger charge is 2.15. The van der Waals surface area contributed by atoms with Gasteiger partial charge in [-0.1, -0.05) is 16.8 Å². The van der Waals surface area contributed by atoms with Gasteiger partial charge in [-0.2, -0.15) is 10.1 Å². The molecule has 3 aromatic heterocycles. The minimum Gasteiger partial charge on any atom is -0.382 e. The van der Waals surface area contributed by atoms with E-state index in [9.17, 15) is 0 Å². The van der Waals surface area contributed by atoms with Crippen LogP contribution in [0.1, 0.15) is 0 Å². The number of rotatable bonds is 2. The van der Waals surface area contributed by atoms with Crippen molar-refractivity contribution in [3.05, 3.63) is 29.4 Å². The van der Waals surface area contributed by atoms with Gasteiger partial charge in [0.2, 0.25) is 5.82 Å². The molecule has 3 N–H and O–H groups in total. The average molecular weight is 263 g/mol. The smallest absolute Gasteiger partial charge is 0.276 e. The number of anilines is 1. The van der Waals surface area contributed by atoms with Crippen molar-refractivity contribution in [2.45, 2.75) is 0 Å². The molecule has 0 saturated heterocycles. The maximum Gasteiger partial charge on any atom is 0.276 e. The summed E-state index contributed by atoms with van der Waals surface area (Å²) in [5.74, 6) is 0.931. The monoisotopic (exact) mass is 262 g/mol. The average Bonchev–Trinajstić information content (AvgIpc) is 2.98. The van der Waals surface area contributed by atoms with Gasteiger partial charge in [0, 0.05) is 12.3 Å². The number of nitrogens with zero attached hydrogens (tertiary/aromatic N) is 4. The van der Waals surface area contributed by atoms with E-state index in [1.54, 1.807) is 24.4 Å². The van der Waals surface area contributed by atoms with Crippen molar-refractivity contribution in [3.8, 4) is 23.1 Å². The van der Waals surface area contributed by atoms with Crippen LogP contribution in [0.3, 0.4) is 0 Å². The first-order valence-corrected chi connectivity index (χ1v) is 5.37. The van der Waals surface area contributed by atoms with E-state index in [0.717, 1.165) is 0 Å². The van der Waals surface area contributed by atoms with Gasteiger partial charge in [-0.15, -0.1) is 0 Å². The zero-order valence-electron chi connectivity index (χ0n) is 8.96. The summed E-state index contributed by atoms with van der Waals surface area (Å²) in [7, 11) is 0. The summed E-state index contributed by atoms with van der Waals surface area (Å²) in [6, 6.07) is 5.02. The second kappa shape index (κ2) is 4.11. The van der Waals surface area contributed by atoms with Gasteiger partial charge in [0.15, 0.2) is 0 Å². The van der Waals surface area contributed by atoms with Crippen LogP contribution in [0.15, 0.2) is 28.9 Å². The molecule has 0 atom stereocenters. The molecule has 3 aromatic rings. The normalized spacial score (nSPS) is 10.7. The van der Waals surface area contributed by atoms with E-state index < -0.39 is 0 Å². The second-order valence-corrected chi connectivity index (χ2v) is 3.87. The lowest BCUT2D eigenvalue weighted by molar-refractivity contribution is 0.430. The molecule has 0 saturated carbocycles. The molecule has 0 aromatic carbocycles. The molecule has 3 rings (SSSR count). The fourth-order valence-electron chi connectivity index (χ4n) is 1.43. The van der Waals surface area contributed by atoms with Gasteiger partial charge < -0.3 is 10.3 Å². The SMILES string of the molecule is Nc1cc(-c2nc(-c3ncccc3Cl)no2)[nH]n1. The number of nitrogens with one attached hydrogen (secondary N) is 1. The molecule has 0 aliphatic heterocycles. The summed E-state index contributed by atoms with van der Waals surface area (Å²) in [5, 5.41) is 10.7. The van der Waals surface area contributed by atoms with Crippen molar-refractivity contribution in [1.29, 1.82) is 0 Å². The van der Waals surface area contributed by atoms with Gasteiger partial charge in [0.1, 0.15) is 17.2 Å². The number of aromatic amines is 1. The zero-order valence-corrected chi connectivity index (χ0v) is 9.72. The summed E-state index contributed by atoms with van der Waals surface area (Å²) in [6.07, 6.45) is 1.60. The van der Waals surface area contributed by atoms with Crippen molar-refractivity contribution >= 4 is 17.4 Å². The highest BCUT2D eigenvalue weighted by molar-refractivity contribution is 6.32. The summed E-state index contributed by atoms with van der Waals surface area (Å²) in [5.41, 5.74) is 6.49. The lowest BCUT2D eigenvalue weighted by Gasteiger charge is -1.94. The quantitative estimate of drug-likeness (QED) is 0.729. The lowest BCUT2D eigenvalue weighted by atomic mass is 10.3. The predicted molar refractivity (Wildman–Crippen MR) is 64.5 cm³/mol. The van der Waals surface area contributed by atoms with Crippen LogP contribution in [0.4, 0.5) is 5.82 Å². The number of pyridine rings is 1. The standard InChI is InChI=1S/C10H7ClN6O/c11-5-2-1-3-13-8(5)9-14-10(18-17-9)6-4-7(12)16-15-6/h1-4H,(H3,12,15,16). The van der Waals surface area contributed by atoms with Crippen molar-refractivity contribution in [2.75, 3.05) is 5.73 Å². The Kier molecular flexibility index (Phi) is 2.45. The fourth-order valence-corrected chi connectivity index (χ4v) is 1.63. The zero-order chi connectivity index (χ0) is 12.5. The third-order valence-electron chi connectivity index (χ3n) is 2.22. The number of hydrogen-bond acceptors (Lipinski definition) is 6. The van der Waals surface area contributed by atoms with Crippen molar-refractivity contribution < 1.29 is 4.52 Å². The number of nitrogen functional groups attached to an aromatic ring is 1. The van der Waals surface area contributed by atoms with Crippen LogP contribution in [0, 0.1) is 0 Å². The van der Waals surface area contributed by atoms with Gasteiger partial charge in [-0.05, 0) is 12.1 Å². The van der Waals surface area contributed by atoms with Crippen LogP contribution in [0.5, 0.6) is 0 Å². The molecule has 0 aliphatic rings. The van der Waals surface area contributed by atoms with Crippen LogP contribution < -0.4 is 5.73 Å². The molecular weight excluding hydrogens is 256 g/mol. The Bertz CT molecular complexity index is 691. The Hall–Kier alpha value is -2.41. The van der Waals surface area contributed by atoms with Crippen molar-refractivity contribution in [3.63, 3.8) is 0 Å². The third-order valence-corrected chi connectivity index (χ3v) is 2.53. The Balaban J connectivity index is 2.02. The summed E-state index contributed by atoms with van der Waals surface area (Å²) < 4.78 is 5.09. The molecule has 0 radical (unpaired) electrons. The van der Waals surface area contributed by atoms with E-state index in [0.29, 0.717) is 28.1 Å². The summed E-state index contributed by atoms with van der Waals surface area (Å²) in [4.78, 5) is 8.27. The molecule has 0 fully saturated rings. The van der Waals surface area contributed by atoms with Crippen molar-refractivity contribution in [2.24, 2.45) is 0 Å². The number of aromatic nitrogens is 5. The van der Waals surface area contributed by atoms with Gasteiger partial charge in [-0.3, -0.25) is 10.1 Å². The predicted octanol–water partition coefficient (Wildman–Crippen LogP) is 1.76. The Morgan fingerprint density at radius 3 is 3.00 bits per heavy atom. The van der Waals surface area contributed by atoms with E-state index in [1.807, 2.05) is 0 Å². The molecule has 0 spiro atoms. The minimum atomic E-state index is 0.274. The first-order valence-electron chi connectivity index (χ1n) is 5.00. The number of nitrogens with two attached hydrogens (primary N) is 1. The van der Waals surface area contributed by atoms with E-state index in [1.165, 1.54) is 0 Å². The number of halogens is 1. The maximum absolute atomic E-state index is 5.99. The maximum atomic E-state index is 5.99. The first kappa shape index (κ1) is 10.7. The van der Waals surface area contributed by atoms with E-state index in [4.69, 9.17) is 21.9 Å². The topological polar surface area (TPSA) is 107 Å². The molecule has 8 heteroatoms. The van der Waals surface area contributed by atoms with Gasteiger partial charge in [0.05, 0.1) is 5.02 Å². The molecule has 0 amide bonds. The number of hydrogen-bond donors (Lipinski definition) is 2. The van der Waals surface area contributed by atoms with Crippen LogP contribution in [0.2, 0.25) is 5.02 Å². The highest BCUT2D eigenvalue weighted by Crippen LogP contribution is 2.25. The third kappa shape index (κ3) is 1.80. The molecular formula is C10H7ClN6O. The molecule has 0 aliphatic carbocycles. The van der Waals surface area contributed by atoms with Crippen molar-refractivity contribution in [1.82, 2.24) is 25.3 Å². The first-order chi connectivity index (χ1) is 8.74. The van der Waals surface area contributed by atoms with Gasteiger partial charge in [-0.25, -0.2) is 0 Å². The Labute approximate surface area is 106 Å². The lowest BCUT2D eigenvalue weighted by Crippen LogP contribution is -1.86. The van der Waals surface area contributed by atoms with E-state index in [2.05, 4.69) is 25.3 Å². The highest BCUT2D eigenvalue weighted by atomic mass is 35.5. The molecule has 0 bridgehead atoms. The summed E-state index contributed by atoms with van der Waals surface area (Å²) >= 11 is 5.99. The molecule has 90 valence electrons. The van der Waals surface area contributed by atoms with Crippen LogP contribution >= 0.6 is 11.6 Å². The van der Waals surface area contributed by atoms with E-state index in [-0.39, 0.29) is 5.89 Å². The van der Waals surface area contributed by atoms with Crippen LogP contribution in [-0.2, 0) is 0 Å². The van der Waals surface area contributed by atoms with Crippen LogP contribution in [0.25, 0.3) is 23.1 Å². The molecule has 3 heterocycles. The van der Waals surface area contributed by atoms with Gasteiger partial charge in [0.25, 0.3) is 5.89 Å². The van der Waals surface area contributed by atoms with E-state index >= 15 is 0 Å².